The average molecular weight is 1110 g/mol. The first kappa shape index (κ1) is 54.7. The first-order chi connectivity index (χ1) is 35.9. The number of benzene rings is 4. The number of rotatable bonds is 16. The molecule has 0 spiro atoms. The fraction of sp³-hybridized carbons (Fsp3) is 0.440. The minimum absolute atomic E-state index is 0.0235. The molecule has 4 saturated heterocycles. The van der Waals surface area contributed by atoms with Crippen molar-refractivity contribution in [1.29, 1.82) is 0 Å². The van der Waals surface area contributed by atoms with Gasteiger partial charge in [0.05, 0.1) is 105 Å². The van der Waals surface area contributed by atoms with Gasteiger partial charge in [0.25, 0.3) is 0 Å². The number of phenols is 4. The van der Waals surface area contributed by atoms with E-state index in [2.05, 4.69) is 21.3 Å². The van der Waals surface area contributed by atoms with Gasteiger partial charge in [-0.2, -0.15) is 36.1 Å². The number of likely N-dealkylation sites (tertiary alicyclic amines) is 4. The van der Waals surface area contributed by atoms with Gasteiger partial charge in [0.15, 0.2) is 23.0 Å². The minimum Gasteiger partial charge on any atom is -0.504 e. The van der Waals surface area contributed by atoms with Crippen molar-refractivity contribution in [1.82, 2.24) is 0 Å². The molecule has 10 rings (SSSR count). The third kappa shape index (κ3) is 9.83. The Balaban J connectivity index is 0.000000186. The van der Waals surface area contributed by atoms with Crippen LogP contribution in [0.25, 0.3) is 0 Å². The SMILES string of the molecule is O=C1c2c(NCC[N+]3(O)CCC3)cc(Cl)c(NCC[N+]3(O)CCC3)c2C(=O)c2c(O)c(F)c(F)c(O)c21.O=C1c2c(NCC[N+]3(O)CCCC3)cc(Cl)c(NCC[N+]3(O)CCCC3)c2C(=O)c2c(O)c(F)c(F)c(O)c21. The lowest BCUT2D eigenvalue weighted by Crippen LogP contribution is -2.57. The van der Waals surface area contributed by atoms with Gasteiger partial charge in [0, 0.05) is 37.1 Å². The van der Waals surface area contributed by atoms with Crippen LogP contribution in [0.4, 0.5) is 40.3 Å². The highest BCUT2D eigenvalue weighted by molar-refractivity contribution is 6.40. The number of quaternary nitrogens is 4. The van der Waals surface area contributed by atoms with Crippen LogP contribution < -0.4 is 21.3 Å². The fourth-order valence-electron chi connectivity index (χ4n) is 10.9. The topological polar surface area (TPSA) is 278 Å². The van der Waals surface area contributed by atoms with Crippen LogP contribution in [-0.2, 0) is 0 Å². The number of hydrogen-bond donors (Lipinski definition) is 12. The summed E-state index contributed by atoms with van der Waals surface area (Å²) in [5.41, 5.74) is -4.20. The number of phenolic OH excluding ortho intramolecular Hbond substituents is 4. The number of nitrogens with one attached hydrogen (secondary N) is 4. The van der Waals surface area contributed by atoms with Crippen molar-refractivity contribution in [2.24, 2.45) is 0 Å². The maximum absolute atomic E-state index is 14.3. The molecule has 4 aromatic rings. The van der Waals surface area contributed by atoms with Crippen LogP contribution in [0.1, 0.15) is 102 Å². The summed E-state index contributed by atoms with van der Waals surface area (Å²) in [7, 11) is 0. The molecule has 4 fully saturated rings. The van der Waals surface area contributed by atoms with Crippen molar-refractivity contribution in [3.8, 4) is 23.0 Å². The number of ketones is 4. The van der Waals surface area contributed by atoms with Crippen molar-refractivity contribution < 1.29 is 96.6 Å². The second-order valence-corrected chi connectivity index (χ2v) is 21.2. The van der Waals surface area contributed by atoms with Gasteiger partial charge < -0.3 is 41.7 Å². The summed E-state index contributed by atoms with van der Waals surface area (Å²) in [6.07, 6.45) is 5.24. The first-order valence-corrected chi connectivity index (χ1v) is 25.8. The van der Waals surface area contributed by atoms with Crippen LogP contribution in [0, 0.1) is 23.3 Å². The summed E-state index contributed by atoms with van der Waals surface area (Å²) < 4.78 is 56.5. The van der Waals surface area contributed by atoms with E-state index >= 15 is 0 Å². The van der Waals surface area contributed by atoms with Gasteiger partial charge in [-0.3, -0.25) is 19.2 Å². The molecule has 6 aliphatic rings. The highest BCUT2D eigenvalue weighted by Gasteiger charge is 2.45. The molecule has 2 aliphatic carbocycles. The molecule has 4 aromatic carbocycles. The van der Waals surface area contributed by atoms with Crippen LogP contribution in [0.3, 0.4) is 0 Å². The molecule has 0 aromatic heterocycles. The molecule has 408 valence electrons. The molecule has 0 atom stereocenters. The van der Waals surface area contributed by atoms with Crippen LogP contribution >= 0.6 is 23.2 Å². The predicted octanol–water partition coefficient (Wildman–Crippen LogP) is 6.48. The number of anilines is 4. The Morgan fingerprint density at radius 3 is 0.868 bits per heavy atom. The molecule has 0 radical (unpaired) electrons. The number of carbonyl (C=O) groups is 4. The molecule has 26 heteroatoms. The summed E-state index contributed by atoms with van der Waals surface area (Å²) in [6, 6.07) is 2.79. The number of aromatic hydroxyl groups is 4. The second kappa shape index (κ2) is 20.7. The number of fused-ring (bicyclic) bond motifs is 4. The Kier molecular flexibility index (Phi) is 14.9. The van der Waals surface area contributed by atoms with E-state index < -0.39 is 91.7 Å². The molecular formula is C50H58Cl2F4N8O12+4. The molecule has 0 bridgehead atoms. The van der Waals surface area contributed by atoms with Gasteiger partial charge in [-0.1, -0.05) is 23.2 Å². The van der Waals surface area contributed by atoms with Gasteiger partial charge in [-0.15, -0.1) is 0 Å². The van der Waals surface area contributed by atoms with Crippen molar-refractivity contribution >= 4 is 69.1 Å². The smallest absolute Gasteiger partial charge is 0.205 e. The van der Waals surface area contributed by atoms with Crippen LogP contribution in [0.2, 0.25) is 10.0 Å². The lowest BCUT2D eigenvalue weighted by molar-refractivity contribution is -1.13. The van der Waals surface area contributed by atoms with E-state index in [1.807, 2.05) is 0 Å². The highest BCUT2D eigenvalue weighted by Crippen LogP contribution is 2.49. The lowest BCUT2D eigenvalue weighted by Gasteiger charge is -2.37. The average Bonchev–Trinajstić information content (AvgIpc) is 4.09. The van der Waals surface area contributed by atoms with Crippen molar-refractivity contribution in [3.63, 3.8) is 0 Å². The van der Waals surface area contributed by atoms with E-state index in [1.165, 1.54) is 12.1 Å². The Labute approximate surface area is 441 Å². The van der Waals surface area contributed by atoms with Crippen molar-refractivity contribution in [3.05, 3.63) is 90.0 Å². The van der Waals surface area contributed by atoms with Crippen LogP contribution in [0.5, 0.6) is 23.0 Å². The molecule has 20 nitrogen and oxygen atoms in total. The summed E-state index contributed by atoms with van der Waals surface area (Å²) in [4.78, 5) is 54.5. The zero-order valence-electron chi connectivity index (χ0n) is 41.0. The predicted molar refractivity (Wildman–Crippen MR) is 264 cm³/mol. The van der Waals surface area contributed by atoms with Gasteiger partial charge in [-0.05, 0) is 12.1 Å². The van der Waals surface area contributed by atoms with Crippen LogP contribution in [0.15, 0.2) is 12.1 Å². The van der Waals surface area contributed by atoms with E-state index in [-0.39, 0.29) is 113 Å². The standard InChI is InChI=1S/C26H29ClF2N4O6.C24H25ClF2N4O6/c27-14-13-15(30-5-11-32(38)7-1-2-8-32)16-17(22(14)31-6-12-33(39)9-3-4-10-33)24(35)19-18(23(16)34)25(36)20(28)21(29)26(19)37;25-12-11-13(28-3-9-30(36)5-1-6-30)14-15(20(12)29-4-10-31(37)7-2-8-31)22(33)17-16(21(14)32)23(34)18(26)19(27)24(17)35/h13,38-39H,1-12H2,(H2-2,30,31,34,35,36,37);11,36-37H,1-10H2,(H2-2,28,29,32,33,34,35)/p+4. The second-order valence-electron chi connectivity index (χ2n) is 20.4. The van der Waals surface area contributed by atoms with E-state index in [4.69, 9.17) is 23.2 Å². The molecule has 0 amide bonds. The summed E-state index contributed by atoms with van der Waals surface area (Å²) in [5, 5.41) is 95.1. The molecule has 4 aliphatic heterocycles. The summed E-state index contributed by atoms with van der Waals surface area (Å²) >= 11 is 13.1. The van der Waals surface area contributed by atoms with Gasteiger partial charge in [-0.25, -0.2) is 20.8 Å². The highest BCUT2D eigenvalue weighted by atomic mass is 35.5. The number of nitrogens with zero attached hydrogens (tertiary/aromatic N) is 4. The lowest BCUT2D eigenvalue weighted by atomic mass is 9.81. The number of hydroxylamine groups is 12. The van der Waals surface area contributed by atoms with Crippen molar-refractivity contribution in [2.75, 3.05) is 126 Å². The normalized spacial score (nSPS) is 19.1. The zero-order chi connectivity index (χ0) is 54.8. The Hall–Kier alpha value is -6.06. The number of halogens is 6. The quantitative estimate of drug-likeness (QED) is 0.0281. The molecule has 4 heterocycles. The summed E-state index contributed by atoms with van der Waals surface area (Å²) in [5.74, 6) is -17.0. The third-order valence-electron chi connectivity index (χ3n) is 15.5. The Morgan fingerprint density at radius 1 is 0.382 bits per heavy atom. The first-order valence-electron chi connectivity index (χ1n) is 25.0. The molecule has 0 saturated carbocycles. The van der Waals surface area contributed by atoms with E-state index in [1.54, 1.807) is 0 Å². The largest absolute Gasteiger partial charge is 0.504 e. The fourth-order valence-corrected chi connectivity index (χ4v) is 11.5. The molecule has 0 unspecified atom stereocenters. The Morgan fingerprint density at radius 2 is 0.618 bits per heavy atom. The minimum atomic E-state index is -1.85. The van der Waals surface area contributed by atoms with E-state index in [0.29, 0.717) is 65.4 Å². The maximum Gasteiger partial charge on any atom is 0.205 e. The van der Waals surface area contributed by atoms with E-state index in [0.717, 1.165) is 38.5 Å². The zero-order valence-corrected chi connectivity index (χ0v) is 42.5. The third-order valence-corrected chi connectivity index (χ3v) is 16.1. The van der Waals surface area contributed by atoms with E-state index in [9.17, 15) is 78.0 Å². The van der Waals surface area contributed by atoms with Crippen LogP contribution in [-0.4, -0.2) is 188 Å². The molecule has 12 N–H and O–H groups in total. The molecule has 76 heavy (non-hydrogen) atoms. The number of hydrogen-bond acceptors (Lipinski definition) is 16. The summed E-state index contributed by atoms with van der Waals surface area (Å²) in [6.45, 7) is 6.51. The monoisotopic (exact) mass is 1110 g/mol. The van der Waals surface area contributed by atoms with Gasteiger partial charge in [0.1, 0.15) is 78.5 Å². The Bertz CT molecular complexity index is 3090. The molecular weight excluding hydrogens is 1050 g/mol. The maximum atomic E-state index is 14.3. The number of carbonyl (C=O) groups excluding carboxylic acids is 4. The van der Waals surface area contributed by atoms with Gasteiger partial charge >= 0.3 is 0 Å². The van der Waals surface area contributed by atoms with Gasteiger partial charge in [0.2, 0.25) is 46.4 Å². The van der Waals surface area contributed by atoms with Crippen molar-refractivity contribution in [2.45, 2.75) is 38.5 Å².